The second-order valence-electron chi connectivity index (χ2n) is 6.24. The molecule has 0 spiro atoms. The van der Waals surface area contributed by atoms with Gasteiger partial charge >= 0.3 is 0 Å². The van der Waals surface area contributed by atoms with Crippen LogP contribution >= 0.6 is 0 Å². The number of anilines is 2. The van der Waals surface area contributed by atoms with Crippen LogP contribution in [0.25, 0.3) is 0 Å². The molecule has 1 unspecified atom stereocenters. The number of nitrogens with two attached hydrogens (primary N) is 1. The van der Waals surface area contributed by atoms with Gasteiger partial charge < -0.3 is 15.4 Å². The summed E-state index contributed by atoms with van der Waals surface area (Å²) in [5.41, 5.74) is 8.06. The third-order valence-corrected chi connectivity index (χ3v) is 4.59. The van der Waals surface area contributed by atoms with Gasteiger partial charge in [-0.25, -0.2) is 0 Å². The minimum absolute atomic E-state index is 0.717. The average molecular weight is 289 g/mol. The van der Waals surface area contributed by atoms with Crippen molar-refractivity contribution in [1.29, 1.82) is 0 Å². The number of nitrogen functional groups attached to an aromatic ring is 1. The summed E-state index contributed by atoms with van der Waals surface area (Å²) < 4.78 is 5.76. The molecule has 0 aromatic heterocycles. The minimum atomic E-state index is 0.717. The van der Waals surface area contributed by atoms with Crippen LogP contribution in [0.4, 0.5) is 11.4 Å². The zero-order chi connectivity index (χ0) is 14.7. The van der Waals surface area contributed by atoms with Crippen molar-refractivity contribution in [2.24, 2.45) is 0 Å². The summed E-state index contributed by atoms with van der Waals surface area (Å²) >= 11 is 0. The molecule has 0 aliphatic carbocycles. The molecule has 4 heteroatoms. The lowest BCUT2D eigenvalue weighted by molar-refractivity contribution is 0.133. The molecule has 1 aromatic rings. The van der Waals surface area contributed by atoms with Crippen LogP contribution in [0, 0.1) is 0 Å². The van der Waals surface area contributed by atoms with Crippen LogP contribution in [-0.4, -0.2) is 43.7 Å². The Morgan fingerprint density at radius 3 is 2.95 bits per heavy atom. The highest BCUT2D eigenvalue weighted by Gasteiger charge is 2.29. The SMILES string of the molecule is CCCOc1cc(N)cc(N2CCN3CCCCC3C2)c1. The van der Waals surface area contributed by atoms with Crippen LogP contribution in [0.15, 0.2) is 18.2 Å². The fraction of sp³-hybridized carbons (Fsp3) is 0.647. The molecule has 2 aliphatic heterocycles. The lowest BCUT2D eigenvalue weighted by atomic mass is 9.99. The molecule has 0 radical (unpaired) electrons. The first-order valence-corrected chi connectivity index (χ1v) is 8.28. The summed E-state index contributed by atoms with van der Waals surface area (Å²) in [4.78, 5) is 5.13. The van der Waals surface area contributed by atoms with E-state index >= 15 is 0 Å². The first-order chi connectivity index (χ1) is 10.3. The summed E-state index contributed by atoms with van der Waals surface area (Å²) in [6, 6.07) is 6.87. The monoisotopic (exact) mass is 289 g/mol. The Morgan fingerprint density at radius 2 is 2.10 bits per heavy atom. The Bertz CT molecular complexity index is 477. The predicted molar refractivity (Wildman–Crippen MR) is 88.1 cm³/mol. The van der Waals surface area contributed by atoms with Crippen molar-refractivity contribution < 1.29 is 4.74 Å². The highest BCUT2D eigenvalue weighted by molar-refractivity contribution is 5.61. The first kappa shape index (κ1) is 14.5. The van der Waals surface area contributed by atoms with Gasteiger partial charge in [0.15, 0.2) is 0 Å². The highest BCUT2D eigenvalue weighted by Crippen LogP contribution is 2.29. The van der Waals surface area contributed by atoms with Crippen molar-refractivity contribution >= 4 is 11.4 Å². The van der Waals surface area contributed by atoms with Gasteiger partial charge in [-0.2, -0.15) is 0 Å². The van der Waals surface area contributed by atoms with E-state index in [2.05, 4.69) is 28.9 Å². The molecule has 2 aliphatic rings. The number of hydrogen-bond acceptors (Lipinski definition) is 4. The second-order valence-corrected chi connectivity index (χ2v) is 6.24. The van der Waals surface area contributed by atoms with E-state index in [-0.39, 0.29) is 0 Å². The number of fused-ring (bicyclic) bond motifs is 1. The maximum Gasteiger partial charge on any atom is 0.123 e. The van der Waals surface area contributed by atoms with Gasteiger partial charge in [-0.15, -0.1) is 0 Å². The lowest BCUT2D eigenvalue weighted by Gasteiger charge is -2.45. The number of benzene rings is 1. The molecule has 21 heavy (non-hydrogen) atoms. The molecule has 2 N–H and O–H groups in total. The molecular weight excluding hydrogens is 262 g/mol. The average Bonchev–Trinajstić information content (AvgIpc) is 2.52. The molecule has 1 aromatic carbocycles. The van der Waals surface area contributed by atoms with Crippen LogP contribution in [0.1, 0.15) is 32.6 Å². The van der Waals surface area contributed by atoms with E-state index < -0.39 is 0 Å². The van der Waals surface area contributed by atoms with Gasteiger partial charge in [0.2, 0.25) is 0 Å². The topological polar surface area (TPSA) is 41.7 Å². The van der Waals surface area contributed by atoms with Crippen LogP contribution < -0.4 is 15.4 Å². The molecule has 4 nitrogen and oxygen atoms in total. The zero-order valence-electron chi connectivity index (χ0n) is 13.1. The Morgan fingerprint density at radius 1 is 1.19 bits per heavy atom. The third kappa shape index (κ3) is 3.43. The van der Waals surface area contributed by atoms with Crippen molar-refractivity contribution in [3.05, 3.63) is 18.2 Å². The van der Waals surface area contributed by atoms with Crippen molar-refractivity contribution in [2.75, 3.05) is 43.4 Å². The van der Waals surface area contributed by atoms with Gasteiger partial charge in [0, 0.05) is 49.2 Å². The number of ether oxygens (including phenoxy) is 1. The number of rotatable bonds is 4. The summed E-state index contributed by atoms with van der Waals surface area (Å²) in [7, 11) is 0. The van der Waals surface area contributed by atoms with E-state index in [9.17, 15) is 0 Å². The summed E-state index contributed by atoms with van der Waals surface area (Å²) in [6.45, 7) is 7.53. The van der Waals surface area contributed by atoms with E-state index in [0.717, 1.165) is 37.6 Å². The quantitative estimate of drug-likeness (QED) is 0.865. The smallest absolute Gasteiger partial charge is 0.123 e. The van der Waals surface area contributed by atoms with E-state index in [1.807, 2.05) is 6.07 Å². The molecular formula is C17H27N3O. The summed E-state index contributed by atoms with van der Waals surface area (Å²) in [5, 5.41) is 0. The largest absolute Gasteiger partial charge is 0.493 e. The normalized spacial score (nSPS) is 22.9. The summed E-state index contributed by atoms with van der Waals surface area (Å²) in [6.07, 6.45) is 5.09. The first-order valence-electron chi connectivity index (χ1n) is 8.28. The predicted octanol–water partition coefficient (Wildman–Crippen LogP) is 2.73. The molecule has 2 heterocycles. The Kier molecular flexibility index (Phi) is 4.54. The van der Waals surface area contributed by atoms with Gasteiger partial charge in [0.05, 0.1) is 6.61 Å². The van der Waals surface area contributed by atoms with Crippen molar-refractivity contribution in [2.45, 2.75) is 38.6 Å². The van der Waals surface area contributed by atoms with Crippen molar-refractivity contribution in [3.63, 3.8) is 0 Å². The number of piperazine rings is 1. The van der Waals surface area contributed by atoms with Gasteiger partial charge in [-0.05, 0) is 31.9 Å². The zero-order valence-corrected chi connectivity index (χ0v) is 13.1. The maximum absolute atomic E-state index is 6.05. The highest BCUT2D eigenvalue weighted by atomic mass is 16.5. The van der Waals surface area contributed by atoms with Gasteiger partial charge in [-0.1, -0.05) is 13.3 Å². The number of nitrogens with zero attached hydrogens (tertiary/aromatic N) is 2. The third-order valence-electron chi connectivity index (χ3n) is 4.59. The van der Waals surface area contributed by atoms with E-state index in [1.54, 1.807) is 0 Å². The molecule has 0 saturated carbocycles. The van der Waals surface area contributed by atoms with Gasteiger partial charge in [0.1, 0.15) is 5.75 Å². The number of piperidine rings is 1. The molecule has 0 bridgehead atoms. The standard InChI is InChI=1S/C17H27N3O/c1-2-9-21-17-11-14(18)10-16(12-17)20-8-7-19-6-4-3-5-15(19)13-20/h10-12,15H,2-9,13,18H2,1H3. The van der Waals surface area contributed by atoms with Gasteiger partial charge in [0.25, 0.3) is 0 Å². The molecule has 1 atom stereocenters. The van der Waals surface area contributed by atoms with Crippen LogP contribution in [0.3, 0.4) is 0 Å². The van der Waals surface area contributed by atoms with E-state index in [4.69, 9.17) is 10.5 Å². The fourth-order valence-electron chi connectivity index (χ4n) is 3.48. The minimum Gasteiger partial charge on any atom is -0.493 e. The Labute approximate surface area is 127 Å². The Balaban J connectivity index is 1.72. The second kappa shape index (κ2) is 6.56. The van der Waals surface area contributed by atoms with Gasteiger partial charge in [-0.3, -0.25) is 4.90 Å². The Hall–Kier alpha value is -1.42. The molecule has 2 saturated heterocycles. The maximum atomic E-state index is 6.05. The van der Waals surface area contributed by atoms with E-state index in [1.165, 1.54) is 38.0 Å². The molecule has 0 amide bonds. The van der Waals surface area contributed by atoms with Crippen molar-refractivity contribution in [3.8, 4) is 5.75 Å². The summed E-state index contributed by atoms with van der Waals surface area (Å²) in [5.74, 6) is 0.901. The molecule has 3 rings (SSSR count). The molecule has 2 fully saturated rings. The van der Waals surface area contributed by atoms with Crippen LogP contribution in [-0.2, 0) is 0 Å². The lowest BCUT2D eigenvalue weighted by Crippen LogP contribution is -2.54. The van der Waals surface area contributed by atoms with E-state index in [0.29, 0.717) is 6.04 Å². The van der Waals surface area contributed by atoms with Crippen LogP contribution in [0.2, 0.25) is 0 Å². The van der Waals surface area contributed by atoms with Crippen LogP contribution in [0.5, 0.6) is 5.75 Å². The fourth-order valence-corrected chi connectivity index (χ4v) is 3.48. The van der Waals surface area contributed by atoms with Crippen molar-refractivity contribution in [1.82, 2.24) is 4.90 Å². The number of hydrogen-bond donors (Lipinski definition) is 1. The molecule has 116 valence electrons.